The first kappa shape index (κ1) is 48.1. The molecule has 0 saturated carbocycles. The number of unbranched alkanes of at least 4 members (excludes halogenated alkanes) is 26. The van der Waals surface area contributed by atoms with Gasteiger partial charge in [-0.05, 0) is 44.9 Å². The number of hydrogen-bond donors (Lipinski definition) is 0. The molecule has 0 aliphatic heterocycles. The van der Waals surface area contributed by atoms with Crippen molar-refractivity contribution in [2.45, 2.75) is 239 Å². The topological polar surface area (TPSA) is 78.9 Å². The van der Waals surface area contributed by atoms with Gasteiger partial charge >= 0.3 is 17.9 Å². The van der Waals surface area contributed by atoms with E-state index in [4.69, 9.17) is 14.2 Å². The molecule has 0 amide bonds. The van der Waals surface area contributed by atoms with Gasteiger partial charge in [-0.1, -0.05) is 181 Å². The van der Waals surface area contributed by atoms with E-state index in [0.29, 0.717) is 19.3 Å². The molecular formula is C44H82O6. The van der Waals surface area contributed by atoms with Crippen LogP contribution in [-0.4, -0.2) is 37.2 Å². The van der Waals surface area contributed by atoms with Gasteiger partial charge in [0.1, 0.15) is 13.2 Å². The summed E-state index contributed by atoms with van der Waals surface area (Å²) in [5.74, 6) is -0.880. The van der Waals surface area contributed by atoms with E-state index in [0.717, 1.165) is 57.8 Å². The predicted molar refractivity (Wildman–Crippen MR) is 210 cm³/mol. The first-order valence-corrected chi connectivity index (χ1v) is 21.7. The van der Waals surface area contributed by atoms with Crippen LogP contribution in [0.4, 0.5) is 0 Å². The van der Waals surface area contributed by atoms with Crippen molar-refractivity contribution in [1.82, 2.24) is 0 Å². The third-order valence-corrected chi connectivity index (χ3v) is 9.52. The molecule has 50 heavy (non-hydrogen) atoms. The molecule has 0 aromatic rings. The Balaban J connectivity index is 4.20. The maximum Gasteiger partial charge on any atom is 0.306 e. The summed E-state index contributed by atoms with van der Waals surface area (Å²) in [6.07, 6.45) is 40.7. The average Bonchev–Trinajstić information content (AvgIpc) is 3.11. The summed E-state index contributed by atoms with van der Waals surface area (Å²) in [5, 5.41) is 0. The fourth-order valence-corrected chi connectivity index (χ4v) is 6.20. The van der Waals surface area contributed by atoms with Gasteiger partial charge in [0.05, 0.1) is 0 Å². The Morgan fingerprint density at radius 3 is 1.00 bits per heavy atom. The van der Waals surface area contributed by atoms with E-state index in [9.17, 15) is 14.4 Å². The highest BCUT2D eigenvalue weighted by molar-refractivity contribution is 5.71. The minimum absolute atomic E-state index is 0.0688. The van der Waals surface area contributed by atoms with E-state index in [2.05, 4.69) is 32.9 Å². The number of ether oxygens (including phenoxy) is 3. The fourth-order valence-electron chi connectivity index (χ4n) is 6.20. The summed E-state index contributed by atoms with van der Waals surface area (Å²) in [7, 11) is 0. The van der Waals surface area contributed by atoms with Crippen molar-refractivity contribution in [3.8, 4) is 0 Å². The predicted octanol–water partition coefficient (Wildman–Crippen LogP) is 13.5. The van der Waals surface area contributed by atoms with E-state index < -0.39 is 6.10 Å². The number of carbonyl (C=O) groups excluding carboxylic acids is 3. The molecule has 0 heterocycles. The molecule has 0 rings (SSSR count). The molecule has 6 nitrogen and oxygen atoms in total. The van der Waals surface area contributed by atoms with Gasteiger partial charge in [0, 0.05) is 19.3 Å². The summed E-state index contributed by atoms with van der Waals surface area (Å²) in [5.41, 5.74) is 0. The van der Waals surface area contributed by atoms with Gasteiger partial charge in [-0.2, -0.15) is 0 Å². The van der Waals surface area contributed by atoms with Crippen molar-refractivity contribution in [3.63, 3.8) is 0 Å². The normalized spacial score (nSPS) is 12.0. The summed E-state index contributed by atoms with van der Waals surface area (Å²) in [6, 6.07) is 0. The van der Waals surface area contributed by atoms with Crippen LogP contribution < -0.4 is 0 Å². The highest BCUT2D eigenvalue weighted by Crippen LogP contribution is 2.14. The van der Waals surface area contributed by atoms with Crippen molar-refractivity contribution < 1.29 is 28.6 Å². The van der Waals surface area contributed by atoms with E-state index in [1.54, 1.807) is 0 Å². The molecule has 0 fully saturated rings. The van der Waals surface area contributed by atoms with Gasteiger partial charge < -0.3 is 14.2 Å². The van der Waals surface area contributed by atoms with Crippen LogP contribution in [0.5, 0.6) is 0 Å². The van der Waals surface area contributed by atoms with Crippen LogP contribution in [-0.2, 0) is 28.6 Å². The molecule has 6 heteroatoms. The van der Waals surface area contributed by atoms with Crippen molar-refractivity contribution in [1.29, 1.82) is 0 Å². The molecule has 0 aromatic heterocycles. The van der Waals surface area contributed by atoms with Crippen molar-refractivity contribution in [3.05, 3.63) is 12.2 Å². The van der Waals surface area contributed by atoms with Crippen LogP contribution in [0.1, 0.15) is 233 Å². The van der Waals surface area contributed by atoms with Crippen LogP contribution in [0, 0.1) is 0 Å². The second kappa shape index (κ2) is 39.9. The zero-order valence-electron chi connectivity index (χ0n) is 33.4. The molecule has 294 valence electrons. The monoisotopic (exact) mass is 707 g/mol. The zero-order valence-corrected chi connectivity index (χ0v) is 33.4. The second-order valence-electron chi connectivity index (χ2n) is 14.6. The standard InChI is InChI=1S/C44H82O6/c1-4-7-10-13-16-18-19-20-21-22-23-24-25-26-29-31-34-37-43(46)49-40-41(39-48-42(45)36-33-30-27-15-12-9-6-3)50-44(47)38-35-32-28-17-14-11-8-5-2/h20-21,41H,4-19,22-40H2,1-3H3/b21-20-. The first-order valence-electron chi connectivity index (χ1n) is 21.7. The Bertz CT molecular complexity index is 778. The Morgan fingerprint density at radius 1 is 0.380 bits per heavy atom. The molecule has 0 radical (unpaired) electrons. The molecule has 0 aromatic carbocycles. The third kappa shape index (κ3) is 37.4. The summed E-state index contributed by atoms with van der Waals surface area (Å²) < 4.78 is 16.6. The highest BCUT2D eigenvalue weighted by atomic mass is 16.6. The molecular weight excluding hydrogens is 624 g/mol. The number of esters is 3. The molecule has 0 saturated heterocycles. The third-order valence-electron chi connectivity index (χ3n) is 9.52. The molecule has 0 aliphatic rings. The quantitative estimate of drug-likeness (QED) is 0.0274. The van der Waals surface area contributed by atoms with Crippen LogP contribution >= 0.6 is 0 Å². The minimum Gasteiger partial charge on any atom is -0.462 e. The molecule has 0 aliphatic carbocycles. The number of carbonyl (C=O) groups is 3. The average molecular weight is 707 g/mol. The van der Waals surface area contributed by atoms with Gasteiger partial charge in [-0.3, -0.25) is 14.4 Å². The van der Waals surface area contributed by atoms with Gasteiger partial charge in [-0.15, -0.1) is 0 Å². The minimum atomic E-state index is -0.760. The lowest BCUT2D eigenvalue weighted by molar-refractivity contribution is -0.167. The van der Waals surface area contributed by atoms with Gasteiger partial charge in [-0.25, -0.2) is 0 Å². The second-order valence-corrected chi connectivity index (χ2v) is 14.6. The van der Waals surface area contributed by atoms with Gasteiger partial charge in [0.2, 0.25) is 0 Å². The largest absolute Gasteiger partial charge is 0.462 e. The van der Waals surface area contributed by atoms with Crippen molar-refractivity contribution in [2.75, 3.05) is 13.2 Å². The van der Waals surface area contributed by atoms with E-state index in [1.807, 2.05) is 0 Å². The molecule has 0 spiro atoms. The lowest BCUT2D eigenvalue weighted by Gasteiger charge is -2.18. The lowest BCUT2D eigenvalue weighted by Crippen LogP contribution is -2.30. The van der Waals surface area contributed by atoms with Gasteiger partial charge in [0.15, 0.2) is 6.10 Å². The fraction of sp³-hybridized carbons (Fsp3) is 0.886. The smallest absolute Gasteiger partial charge is 0.306 e. The van der Waals surface area contributed by atoms with Crippen LogP contribution in [0.15, 0.2) is 12.2 Å². The molecule has 0 N–H and O–H groups in total. The Morgan fingerprint density at radius 2 is 0.660 bits per heavy atom. The zero-order chi connectivity index (χ0) is 36.6. The summed E-state index contributed by atoms with van der Waals surface area (Å²) >= 11 is 0. The molecule has 1 unspecified atom stereocenters. The number of allylic oxidation sites excluding steroid dienone is 2. The highest BCUT2D eigenvalue weighted by Gasteiger charge is 2.19. The maximum absolute atomic E-state index is 12.6. The lowest BCUT2D eigenvalue weighted by atomic mass is 10.1. The Labute approximate surface area is 310 Å². The van der Waals surface area contributed by atoms with Crippen molar-refractivity contribution in [2.24, 2.45) is 0 Å². The maximum atomic E-state index is 12.6. The van der Waals surface area contributed by atoms with E-state index >= 15 is 0 Å². The van der Waals surface area contributed by atoms with E-state index in [1.165, 1.54) is 135 Å². The Hall–Kier alpha value is -1.85. The molecule has 0 bridgehead atoms. The van der Waals surface area contributed by atoms with Gasteiger partial charge in [0.25, 0.3) is 0 Å². The number of rotatable bonds is 39. The first-order chi connectivity index (χ1) is 24.5. The van der Waals surface area contributed by atoms with Crippen LogP contribution in [0.2, 0.25) is 0 Å². The Kier molecular flexibility index (Phi) is 38.5. The van der Waals surface area contributed by atoms with Crippen LogP contribution in [0.3, 0.4) is 0 Å². The SMILES string of the molecule is CCCCCCCC/C=C\CCCCCCCCCC(=O)OCC(COC(=O)CCCCCCCCC)OC(=O)CCCCCCCCCC. The van der Waals surface area contributed by atoms with E-state index in [-0.39, 0.29) is 31.1 Å². The number of hydrogen-bond acceptors (Lipinski definition) is 6. The molecule has 1 atom stereocenters. The van der Waals surface area contributed by atoms with Crippen LogP contribution in [0.25, 0.3) is 0 Å². The summed E-state index contributed by atoms with van der Waals surface area (Å²) in [4.78, 5) is 37.4. The summed E-state index contributed by atoms with van der Waals surface area (Å²) in [6.45, 7) is 6.56. The van der Waals surface area contributed by atoms with Crippen molar-refractivity contribution >= 4 is 17.9 Å².